The Morgan fingerprint density at radius 1 is 0.758 bits per heavy atom. The van der Waals surface area contributed by atoms with Gasteiger partial charge in [-0.05, 0) is 31.7 Å². The predicted octanol–water partition coefficient (Wildman–Crippen LogP) is 6.99. The van der Waals surface area contributed by atoms with Crippen molar-refractivity contribution in [3.8, 4) is 0 Å². The van der Waals surface area contributed by atoms with Crippen LogP contribution in [0.2, 0.25) is 0 Å². The molecule has 33 heavy (non-hydrogen) atoms. The van der Waals surface area contributed by atoms with Crippen LogP contribution < -0.4 is 0 Å². The first-order valence-corrected chi connectivity index (χ1v) is 13.6. The first-order valence-electron chi connectivity index (χ1n) is 13.6. The number of amides is 1. The Hall–Kier alpha value is -1.91. The van der Waals surface area contributed by atoms with E-state index in [9.17, 15) is 9.59 Å². The van der Waals surface area contributed by atoms with Gasteiger partial charge < -0.3 is 9.64 Å². The maximum Gasteiger partial charge on any atom is 0.306 e. The second-order valence-corrected chi connectivity index (χ2v) is 9.56. The van der Waals surface area contributed by atoms with Crippen LogP contribution in [-0.2, 0) is 20.9 Å². The molecule has 1 saturated heterocycles. The lowest BCUT2D eigenvalue weighted by atomic mass is 10.0. The van der Waals surface area contributed by atoms with Gasteiger partial charge in [0.05, 0.1) is 0 Å². The number of hydrogen-bond donors (Lipinski definition) is 0. The Balaban J connectivity index is 1.25. The molecule has 0 radical (unpaired) electrons. The maximum absolute atomic E-state index is 12.0. The van der Waals surface area contributed by atoms with E-state index in [-0.39, 0.29) is 5.97 Å². The van der Waals surface area contributed by atoms with Crippen molar-refractivity contribution in [1.82, 2.24) is 9.88 Å². The third kappa shape index (κ3) is 14.1. The Bertz CT molecular complexity index is 629. The van der Waals surface area contributed by atoms with Crippen LogP contribution in [-0.4, -0.2) is 34.8 Å². The largest absolute Gasteiger partial charge is 0.461 e. The SMILES string of the molecule is O=C(CCCCCCCCCCCCCCCCC(=O)N1CCCC1)OCc1cccnc1. The van der Waals surface area contributed by atoms with Gasteiger partial charge in [0, 0.05) is 43.9 Å². The highest BCUT2D eigenvalue weighted by Gasteiger charge is 2.16. The van der Waals surface area contributed by atoms with Crippen molar-refractivity contribution >= 4 is 11.9 Å². The molecule has 186 valence electrons. The van der Waals surface area contributed by atoms with Gasteiger partial charge in [-0.15, -0.1) is 0 Å². The minimum absolute atomic E-state index is 0.102. The molecule has 0 bridgehead atoms. The number of rotatable bonds is 19. The molecule has 0 saturated carbocycles. The Morgan fingerprint density at radius 2 is 1.27 bits per heavy atom. The number of ether oxygens (including phenoxy) is 1. The quantitative estimate of drug-likeness (QED) is 0.166. The molecule has 1 fully saturated rings. The van der Waals surface area contributed by atoms with Gasteiger partial charge in [0.1, 0.15) is 6.61 Å². The zero-order valence-electron chi connectivity index (χ0n) is 20.8. The van der Waals surface area contributed by atoms with Gasteiger partial charge >= 0.3 is 5.97 Å². The summed E-state index contributed by atoms with van der Waals surface area (Å²) < 4.78 is 5.28. The van der Waals surface area contributed by atoms with E-state index in [1.54, 1.807) is 12.4 Å². The molecule has 1 amide bonds. The van der Waals surface area contributed by atoms with Crippen LogP contribution in [0.5, 0.6) is 0 Å². The van der Waals surface area contributed by atoms with Crippen molar-refractivity contribution in [3.05, 3.63) is 30.1 Å². The molecule has 1 aliphatic rings. The molecule has 2 heterocycles. The topological polar surface area (TPSA) is 59.5 Å². The second kappa shape index (κ2) is 18.5. The average molecular weight is 459 g/mol. The van der Waals surface area contributed by atoms with E-state index in [1.807, 2.05) is 17.0 Å². The Labute approximate surface area is 201 Å². The van der Waals surface area contributed by atoms with Crippen molar-refractivity contribution in [2.24, 2.45) is 0 Å². The van der Waals surface area contributed by atoms with Gasteiger partial charge in [-0.25, -0.2) is 0 Å². The predicted molar refractivity (Wildman–Crippen MR) is 134 cm³/mol. The van der Waals surface area contributed by atoms with Crippen LogP contribution in [0.25, 0.3) is 0 Å². The van der Waals surface area contributed by atoms with Crippen LogP contribution in [0.1, 0.15) is 121 Å². The number of likely N-dealkylation sites (tertiary alicyclic amines) is 1. The number of carbonyl (C=O) groups excluding carboxylic acids is 2. The molecule has 5 nitrogen and oxygen atoms in total. The molecule has 1 aliphatic heterocycles. The Morgan fingerprint density at radius 3 is 1.79 bits per heavy atom. The molecular formula is C28H46N2O3. The number of carbonyl (C=O) groups is 2. The molecule has 1 aromatic rings. The lowest BCUT2D eigenvalue weighted by Crippen LogP contribution is -2.27. The van der Waals surface area contributed by atoms with Gasteiger partial charge in [-0.1, -0.05) is 83.1 Å². The van der Waals surface area contributed by atoms with Crippen LogP contribution in [0.4, 0.5) is 0 Å². The van der Waals surface area contributed by atoms with Gasteiger partial charge in [0.15, 0.2) is 0 Å². The first-order chi connectivity index (χ1) is 16.3. The van der Waals surface area contributed by atoms with Crippen molar-refractivity contribution in [3.63, 3.8) is 0 Å². The zero-order valence-corrected chi connectivity index (χ0v) is 20.8. The van der Waals surface area contributed by atoms with Crippen molar-refractivity contribution < 1.29 is 14.3 Å². The summed E-state index contributed by atoms with van der Waals surface area (Å²) in [6, 6.07) is 3.77. The smallest absolute Gasteiger partial charge is 0.306 e. The number of unbranched alkanes of at least 4 members (excludes halogenated alkanes) is 13. The van der Waals surface area contributed by atoms with Gasteiger partial charge in [-0.2, -0.15) is 0 Å². The molecular weight excluding hydrogens is 412 g/mol. The first kappa shape index (κ1) is 27.3. The maximum atomic E-state index is 12.0. The monoisotopic (exact) mass is 458 g/mol. The van der Waals surface area contributed by atoms with Crippen LogP contribution in [0, 0.1) is 0 Å². The summed E-state index contributed by atoms with van der Waals surface area (Å²) in [5.74, 6) is 0.279. The number of pyridine rings is 1. The summed E-state index contributed by atoms with van der Waals surface area (Å²) in [7, 11) is 0. The minimum Gasteiger partial charge on any atom is -0.461 e. The van der Waals surface area contributed by atoms with Crippen molar-refractivity contribution in [2.75, 3.05) is 13.1 Å². The fourth-order valence-electron chi connectivity index (χ4n) is 4.51. The second-order valence-electron chi connectivity index (χ2n) is 9.56. The lowest BCUT2D eigenvalue weighted by molar-refractivity contribution is -0.145. The van der Waals surface area contributed by atoms with E-state index in [0.29, 0.717) is 18.9 Å². The van der Waals surface area contributed by atoms with Gasteiger partial charge in [0.25, 0.3) is 0 Å². The number of hydrogen-bond acceptors (Lipinski definition) is 4. The number of aromatic nitrogens is 1. The molecule has 1 aromatic heterocycles. The summed E-state index contributed by atoms with van der Waals surface area (Å²) in [4.78, 5) is 29.8. The fourth-order valence-corrected chi connectivity index (χ4v) is 4.51. The molecule has 0 atom stereocenters. The van der Waals surface area contributed by atoms with Crippen LogP contribution in [0.3, 0.4) is 0 Å². The van der Waals surface area contributed by atoms with Gasteiger partial charge in [0.2, 0.25) is 5.91 Å². The van der Waals surface area contributed by atoms with Gasteiger partial charge in [-0.3, -0.25) is 14.6 Å². The lowest BCUT2D eigenvalue weighted by Gasteiger charge is -2.14. The summed E-state index contributed by atoms with van der Waals surface area (Å²) in [6.07, 6.45) is 24.6. The van der Waals surface area contributed by atoms with Crippen LogP contribution in [0.15, 0.2) is 24.5 Å². The molecule has 0 N–H and O–H groups in total. The van der Waals surface area contributed by atoms with E-state index in [0.717, 1.165) is 44.3 Å². The third-order valence-corrected chi connectivity index (χ3v) is 6.60. The normalized spacial score (nSPS) is 13.4. The zero-order chi connectivity index (χ0) is 23.4. The summed E-state index contributed by atoms with van der Waals surface area (Å²) in [5.41, 5.74) is 0.937. The Kier molecular flexibility index (Phi) is 15.3. The molecule has 0 spiro atoms. The standard InChI is InChI=1S/C28H46N2O3/c31-27(30-22-15-16-23-30)19-13-11-9-7-5-3-1-2-4-6-8-10-12-14-20-28(32)33-25-26-18-17-21-29-24-26/h17-18,21,24H,1-16,19-20,22-23,25H2. The summed E-state index contributed by atoms with van der Waals surface area (Å²) in [6.45, 7) is 2.30. The van der Waals surface area contributed by atoms with E-state index in [2.05, 4.69) is 4.98 Å². The van der Waals surface area contributed by atoms with E-state index >= 15 is 0 Å². The highest BCUT2D eigenvalue weighted by atomic mass is 16.5. The summed E-state index contributed by atoms with van der Waals surface area (Å²) >= 11 is 0. The summed E-state index contributed by atoms with van der Waals surface area (Å²) in [5, 5.41) is 0. The molecule has 0 aromatic carbocycles. The number of esters is 1. The van der Waals surface area contributed by atoms with E-state index in [1.165, 1.54) is 83.5 Å². The fraction of sp³-hybridized carbons (Fsp3) is 0.750. The number of nitrogens with zero attached hydrogens (tertiary/aromatic N) is 2. The third-order valence-electron chi connectivity index (χ3n) is 6.60. The molecule has 2 rings (SSSR count). The molecule has 0 unspecified atom stereocenters. The van der Waals surface area contributed by atoms with Crippen molar-refractivity contribution in [1.29, 1.82) is 0 Å². The highest BCUT2D eigenvalue weighted by molar-refractivity contribution is 5.76. The molecule has 5 heteroatoms. The van der Waals surface area contributed by atoms with E-state index in [4.69, 9.17) is 4.74 Å². The average Bonchev–Trinajstić information content (AvgIpc) is 3.38. The van der Waals surface area contributed by atoms with Crippen molar-refractivity contribution in [2.45, 2.75) is 122 Å². The highest BCUT2D eigenvalue weighted by Crippen LogP contribution is 2.15. The minimum atomic E-state index is -0.102. The van der Waals surface area contributed by atoms with Crippen LogP contribution >= 0.6 is 0 Å². The molecule has 0 aliphatic carbocycles. The van der Waals surface area contributed by atoms with E-state index < -0.39 is 0 Å².